The van der Waals surface area contributed by atoms with Gasteiger partial charge in [0.05, 0.1) is 23.9 Å². The van der Waals surface area contributed by atoms with Crippen molar-refractivity contribution in [3.8, 4) is 11.5 Å². The highest BCUT2D eigenvalue weighted by atomic mass is 35.5. The Kier molecular flexibility index (Phi) is 7.17. The first-order valence-corrected chi connectivity index (χ1v) is 12.1. The van der Waals surface area contributed by atoms with Crippen molar-refractivity contribution in [3.05, 3.63) is 81.3 Å². The van der Waals surface area contributed by atoms with Gasteiger partial charge in [-0.05, 0) is 48.0 Å². The Morgan fingerprint density at radius 1 is 0.969 bits per heavy atom. The number of phenolic OH excluding ortho intramolecular Hbond substituents is 1. The van der Waals surface area contributed by atoms with Crippen LogP contribution >= 0.6 is 34.8 Å². The monoisotopic (exact) mass is 510 g/mol. The lowest BCUT2D eigenvalue weighted by Gasteiger charge is -2.42. The molecule has 3 aromatic rings. The van der Waals surface area contributed by atoms with E-state index in [1.54, 1.807) is 12.1 Å². The maximum atomic E-state index is 13.5. The minimum Gasteiger partial charge on any atom is -0.508 e. The smallest absolute Gasteiger partial charge is 0.136 e. The highest BCUT2D eigenvalue weighted by Gasteiger charge is 2.33. The molecule has 0 aromatic heterocycles. The van der Waals surface area contributed by atoms with Crippen LogP contribution in [0.3, 0.4) is 0 Å². The van der Waals surface area contributed by atoms with E-state index in [-0.39, 0.29) is 11.8 Å². The molecule has 2 unspecified atom stereocenters. The molecule has 0 aliphatic carbocycles. The first-order valence-electron chi connectivity index (χ1n) is 9.88. The van der Waals surface area contributed by atoms with E-state index in [9.17, 15) is 9.32 Å². The third-order valence-corrected chi connectivity index (χ3v) is 7.67. The van der Waals surface area contributed by atoms with Crippen LogP contribution in [0.15, 0.2) is 65.6 Å². The average Bonchev–Trinajstić information content (AvgIpc) is 2.79. The van der Waals surface area contributed by atoms with Crippen LogP contribution in [0, 0.1) is 0 Å². The largest absolute Gasteiger partial charge is 0.508 e. The molecule has 2 atom stereocenters. The molecule has 5 nitrogen and oxygen atoms in total. The fourth-order valence-corrected chi connectivity index (χ4v) is 5.81. The van der Waals surface area contributed by atoms with E-state index < -0.39 is 11.0 Å². The molecule has 0 saturated carbocycles. The number of hydrogen-bond donors (Lipinski definition) is 1. The third kappa shape index (κ3) is 4.85. The van der Waals surface area contributed by atoms with Gasteiger partial charge in [-0.15, -0.1) is 0 Å². The first kappa shape index (κ1) is 23.2. The Morgan fingerprint density at radius 3 is 2.38 bits per heavy atom. The van der Waals surface area contributed by atoms with Crippen molar-refractivity contribution in [2.24, 2.45) is 0 Å². The number of methoxy groups -OCH3 is 1. The van der Waals surface area contributed by atoms with Gasteiger partial charge in [0.2, 0.25) is 0 Å². The number of ether oxygens (including phenoxy) is 1. The Bertz CT molecular complexity index is 1140. The predicted molar refractivity (Wildman–Crippen MR) is 131 cm³/mol. The van der Waals surface area contributed by atoms with Gasteiger partial charge in [-0.3, -0.25) is 0 Å². The molecule has 0 spiro atoms. The third-order valence-electron chi connectivity index (χ3n) is 5.39. The van der Waals surface area contributed by atoms with Crippen LogP contribution in [0.4, 0.5) is 5.69 Å². The second-order valence-corrected chi connectivity index (χ2v) is 10.1. The molecule has 4 rings (SSSR count). The summed E-state index contributed by atoms with van der Waals surface area (Å²) in [6, 6.07) is 17.5. The van der Waals surface area contributed by atoms with Crippen LogP contribution in [0.2, 0.25) is 15.1 Å². The number of anilines is 1. The summed E-state index contributed by atoms with van der Waals surface area (Å²) in [4.78, 5) is 2.62. The van der Waals surface area contributed by atoms with Gasteiger partial charge in [0.1, 0.15) is 27.4 Å². The summed E-state index contributed by atoms with van der Waals surface area (Å²) < 4.78 is 20.7. The summed E-state index contributed by atoms with van der Waals surface area (Å²) >= 11 is 18.7. The van der Waals surface area contributed by atoms with Crippen molar-refractivity contribution in [1.29, 1.82) is 0 Å². The van der Waals surface area contributed by atoms with Crippen molar-refractivity contribution in [2.75, 3.05) is 31.6 Å². The van der Waals surface area contributed by atoms with Crippen molar-refractivity contribution >= 4 is 51.5 Å². The lowest BCUT2D eigenvalue weighted by Crippen LogP contribution is -2.49. The first-order chi connectivity index (χ1) is 15.4. The number of nitrogens with zero attached hydrogens (tertiary/aromatic N) is 2. The second kappa shape index (κ2) is 9.89. The zero-order valence-corrected chi connectivity index (χ0v) is 20.3. The molecular weight excluding hydrogens is 491 g/mol. The molecule has 32 heavy (non-hydrogen) atoms. The molecule has 1 aliphatic rings. The van der Waals surface area contributed by atoms with E-state index in [1.165, 1.54) is 19.2 Å². The van der Waals surface area contributed by atoms with E-state index >= 15 is 0 Å². The van der Waals surface area contributed by atoms with Crippen LogP contribution in [0.25, 0.3) is 0 Å². The normalized spacial score (nSPS) is 17.9. The lowest BCUT2D eigenvalue weighted by atomic mass is 10.0. The summed E-state index contributed by atoms with van der Waals surface area (Å²) in [6.07, 6.45) is 0. The Morgan fingerprint density at radius 2 is 1.69 bits per heavy atom. The van der Waals surface area contributed by atoms with Gasteiger partial charge in [0.15, 0.2) is 0 Å². The maximum absolute atomic E-state index is 13.5. The van der Waals surface area contributed by atoms with Crippen LogP contribution in [-0.2, 0) is 11.0 Å². The summed E-state index contributed by atoms with van der Waals surface area (Å²) in [6.45, 7) is 1.57. The van der Waals surface area contributed by atoms with E-state index in [0.29, 0.717) is 45.3 Å². The summed E-state index contributed by atoms with van der Waals surface area (Å²) in [5.41, 5.74) is 1.88. The standard InChI is InChI=1S/C23H21Cl3N2O3S/c1-31-22-9-7-18(29)13-23(22)32(30)27-10-11-28(20-8-6-17(25)12-19(20)26)21(14-27)15-2-4-16(24)5-3-15/h2-9,12-13,21,29H,10-11,14H2,1H3. The molecule has 1 heterocycles. The molecule has 1 saturated heterocycles. The SMILES string of the molecule is COc1ccc(O)cc1S(=O)N1CCN(c2ccc(Cl)cc2Cl)C(c2ccc(Cl)cc2)C1. The van der Waals surface area contributed by atoms with Gasteiger partial charge in [-0.25, -0.2) is 8.51 Å². The number of rotatable bonds is 5. The highest BCUT2D eigenvalue weighted by molar-refractivity contribution is 7.82. The lowest BCUT2D eigenvalue weighted by molar-refractivity contribution is 0.349. The Balaban J connectivity index is 1.69. The molecule has 1 fully saturated rings. The van der Waals surface area contributed by atoms with Crippen molar-refractivity contribution < 1.29 is 14.1 Å². The quantitative estimate of drug-likeness (QED) is 0.460. The van der Waals surface area contributed by atoms with Crippen LogP contribution in [-0.4, -0.2) is 40.4 Å². The second-order valence-electron chi connectivity index (χ2n) is 7.33. The number of piperazine rings is 1. The van der Waals surface area contributed by atoms with Crippen LogP contribution in [0.1, 0.15) is 11.6 Å². The van der Waals surface area contributed by atoms with Crippen molar-refractivity contribution in [3.63, 3.8) is 0 Å². The van der Waals surface area contributed by atoms with Crippen molar-refractivity contribution in [1.82, 2.24) is 4.31 Å². The number of halogens is 3. The molecular formula is C23H21Cl3N2O3S. The minimum atomic E-state index is -1.53. The molecule has 1 N–H and O–H groups in total. The topological polar surface area (TPSA) is 53.0 Å². The van der Waals surface area contributed by atoms with E-state index in [0.717, 1.165) is 11.3 Å². The Hall–Kier alpha value is -1.96. The van der Waals surface area contributed by atoms with E-state index in [1.807, 2.05) is 40.7 Å². The molecule has 168 valence electrons. The van der Waals surface area contributed by atoms with Gasteiger partial charge in [-0.1, -0.05) is 46.9 Å². The van der Waals surface area contributed by atoms with Gasteiger partial charge in [0.25, 0.3) is 0 Å². The predicted octanol–water partition coefficient (Wildman–Crippen LogP) is 5.95. The highest BCUT2D eigenvalue weighted by Crippen LogP contribution is 2.38. The summed E-state index contributed by atoms with van der Waals surface area (Å²) in [7, 11) is -0.0113. The van der Waals surface area contributed by atoms with E-state index in [2.05, 4.69) is 4.90 Å². The molecule has 0 bridgehead atoms. The van der Waals surface area contributed by atoms with Crippen LogP contribution in [0.5, 0.6) is 11.5 Å². The number of phenols is 1. The van der Waals surface area contributed by atoms with Gasteiger partial charge >= 0.3 is 0 Å². The zero-order valence-electron chi connectivity index (χ0n) is 17.2. The maximum Gasteiger partial charge on any atom is 0.136 e. The van der Waals surface area contributed by atoms with Gasteiger partial charge < -0.3 is 14.7 Å². The molecule has 3 aromatic carbocycles. The average molecular weight is 512 g/mol. The fraction of sp³-hybridized carbons (Fsp3) is 0.217. The van der Waals surface area contributed by atoms with Gasteiger partial charge in [0, 0.05) is 35.7 Å². The molecule has 9 heteroatoms. The van der Waals surface area contributed by atoms with Crippen molar-refractivity contribution in [2.45, 2.75) is 10.9 Å². The molecule has 0 amide bonds. The van der Waals surface area contributed by atoms with Gasteiger partial charge in [-0.2, -0.15) is 0 Å². The molecule has 1 aliphatic heterocycles. The summed E-state index contributed by atoms with van der Waals surface area (Å²) in [5, 5.41) is 11.7. The number of aromatic hydroxyl groups is 1. The van der Waals surface area contributed by atoms with E-state index in [4.69, 9.17) is 39.5 Å². The minimum absolute atomic E-state index is 0.0370. The zero-order chi connectivity index (χ0) is 22.8. The number of hydrogen-bond acceptors (Lipinski definition) is 4. The summed E-state index contributed by atoms with van der Waals surface area (Å²) in [5.74, 6) is 0.502. The fourth-order valence-electron chi connectivity index (χ4n) is 3.82. The van der Waals surface area contributed by atoms with Crippen LogP contribution < -0.4 is 9.64 Å². The molecule has 0 radical (unpaired) electrons. The Labute approximate surface area is 204 Å². The number of benzene rings is 3.